The summed E-state index contributed by atoms with van der Waals surface area (Å²) in [5, 5.41) is 62.6. The van der Waals surface area contributed by atoms with Crippen LogP contribution in [-0.2, 0) is 33.2 Å². The Labute approximate surface area is 306 Å². The van der Waals surface area contributed by atoms with Crippen molar-refractivity contribution < 1.29 is 63.9 Å². The third-order valence-corrected chi connectivity index (χ3v) is 15.9. The van der Waals surface area contributed by atoms with Gasteiger partial charge in [0.2, 0.25) is 0 Å². The number of hydrogen-bond acceptors (Lipinski definition) is 13. The Bertz CT molecular complexity index is 1310. The molecule has 4 saturated heterocycles. The highest BCUT2D eigenvalue weighted by Crippen LogP contribution is 2.70. The summed E-state index contributed by atoms with van der Waals surface area (Å²) in [5.74, 6) is 2.14. The van der Waals surface area contributed by atoms with Crippen LogP contribution in [0.1, 0.15) is 91.9 Å². The normalized spacial score (nSPS) is 57.6. The number of Topliss-reactive ketones (excluding diaryl/α,β-unsaturated/α-hetero) is 1. The summed E-state index contributed by atoms with van der Waals surface area (Å²) in [4.78, 5) is 14.5. The van der Waals surface area contributed by atoms with E-state index in [4.69, 9.17) is 28.4 Å². The number of fused-ring (bicyclic) bond motifs is 7. The summed E-state index contributed by atoms with van der Waals surface area (Å²) in [7, 11) is 0. The molecule has 4 aliphatic carbocycles. The van der Waals surface area contributed by atoms with Crippen LogP contribution in [0.15, 0.2) is 0 Å². The van der Waals surface area contributed by atoms with Crippen LogP contribution in [0.4, 0.5) is 0 Å². The first-order valence-electron chi connectivity index (χ1n) is 20.1. The standard InChI is InChI=1S/C39H62O13/c1-18-7-10-39(47-17-18)19(2)30-27(52-39)13-25-23-6-5-20-11-21(8-9-37(20,3)24(23)14-29(43)38(25,30)4)48-36-33(46)32(45)34(28(16-41)50-36)51-35-31(44)26(42)12-22(15-40)49-35/h18-28,30-36,40-42,44-46H,5-17H2,1-4H3/t18-,19+,20+,21+,22-,23-,24+,25+,26+,27+,28+,30+,31+,32-,33+,34-,35+,36-,37+,38-,39-/m1/s1. The fraction of sp³-hybridized carbons (Fsp3) is 0.974. The second-order valence-corrected chi connectivity index (χ2v) is 18.5. The van der Waals surface area contributed by atoms with Gasteiger partial charge in [-0.05, 0) is 80.0 Å². The molecule has 0 unspecified atom stereocenters. The van der Waals surface area contributed by atoms with E-state index in [1.807, 2.05) is 0 Å². The lowest BCUT2D eigenvalue weighted by atomic mass is 9.44. The predicted molar refractivity (Wildman–Crippen MR) is 182 cm³/mol. The molecule has 13 nitrogen and oxygen atoms in total. The first kappa shape index (κ1) is 38.1. The van der Waals surface area contributed by atoms with Gasteiger partial charge >= 0.3 is 0 Å². The molecular formula is C39H62O13. The smallest absolute Gasteiger partial charge is 0.186 e. The summed E-state index contributed by atoms with van der Waals surface area (Å²) in [6.45, 7) is 8.87. The number of hydrogen-bond donors (Lipinski definition) is 6. The maximum absolute atomic E-state index is 14.5. The van der Waals surface area contributed by atoms with Gasteiger partial charge < -0.3 is 59.1 Å². The molecule has 8 rings (SSSR count). The first-order chi connectivity index (χ1) is 24.7. The molecule has 6 N–H and O–H groups in total. The van der Waals surface area contributed by atoms with E-state index in [0.29, 0.717) is 48.2 Å². The second kappa shape index (κ2) is 14.0. The molecular weight excluding hydrogens is 676 g/mol. The maximum Gasteiger partial charge on any atom is 0.186 e. The van der Waals surface area contributed by atoms with Crippen molar-refractivity contribution in [2.45, 2.75) is 165 Å². The van der Waals surface area contributed by atoms with Gasteiger partial charge in [0.15, 0.2) is 18.4 Å². The van der Waals surface area contributed by atoms with Gasteiger partial charge in [0.25, 0.3) is 0 Å². The third kappa shape index (κ3) is 5.90. The first-order valence-corrected chi connectivity index (χ1v) is 20.1. The maximum atomic E-state index is 14.5. The molecule has 0 radical (unpaired) electrons. The molecule has 0 aromatic rings. The van der Waals surface area contributed by atoms with Crippen LogP contribution >= 0.6 is 0 Å². The van der Waals surface area contributed by atoms with E-state index < -0.39 is 79.7 Å². The van der Waals surface area contributed by atoms with E-state index in [9.17, 15) is 35.4 Å². The lowest BCUT2D eigenvalue weighted by molar-refractivity contribution is -0.356. The summed E-state index contributed by atoms with van der Waals surface area (Å²) >= 11 is 0. The average Bonchev–Trinajstić information content (AvgIpc) is 3.58. The highest BCUT2D eigenvalue weighted by atomic mass is 16.7. The zero-order valence-electron chi connectivity index (χ0n) is 31.1. The van der Waals surface area contributed by atoms with Crippen LogP contribution in [0.3, 0.4) is 0 Å². The number of carbonyl (C=O) groups excluding carboxylic acids is 1. The van der Waals surface area contributed by atoms with E-state index in [1.165, 1.54) is 0 Å². The summed E-state index contributed by atoms with van der Waals surface area (Å²) in [5.41, 5.74) is -0.421. The Kier molecular flexibility index (Phi) is 10.2. The topological polar surface area (TPSA) is 194 Å². The number of ketones is 1. The largest absolute Gasteiger partial charge is 0.394 e. The van der Waals surface area contributed by atoms with Gasteiger partial charge in [-0.15, -0.1) is 0 Å². The minimum absolute atomic E-state index is 0.00732. The van der Waals surface area contributed by atoms with Gasteiger partial charge in [-0.3, -0.25) is 4.79 Å². The number of aliphatic hydroxyl groups is 6. The van der Waals surface area contributed by atoms with Crippen LogP contribution in [-0.4, -0.2) is 130 Å². The lowest BCUT2D eigenvalue weighted by Gasteiger charge is -2.60. The van der Waals surface area contributed by atoms with E-state index in [1.54, 1.807) is 0 Å². The van der Waals surface area contributed by atoms with Gasteiger partial charge in [0.1, 0.15) is 36.3 Å². The summed E-state index contributed by atoms with van der Waals surface area (Å²) in [6.07, 6.45) is -3.81. The molecule has 13 heteroatoms. The van der Waals surface area contributed by atoms with Gasteiger partial charge in [0, 0.05) is 36.5 Å². The van der Waals surface area contributed by atoms with Crippen LogP contribution in [0.25, 0.3) is 0 Å². The molecule has 8 aliphatic rings. The molecule has 8 fully saturated rings. The average molecular weight is 739 g/mol. The molecule has 0 bridgehead atoms. The fourth-order valence-electron chi connectivity index (χ4n) is 12.9. The lowest BCUT2D eigenvalue weighted by Crippen LogP contribution is -2.63. The molecule has 4 heterocycles. The number of rotatable bonds is 6. The second-order valence-electron chi connectivity index (χ2n) is 18.5. The summed E-state index contributed by atoms with van der Waals surface area (Å²) in [6, 6.07) is 0. The number of aliphatic hydroxyl groups excluding tert-OH is 6. The molecule has 0 aromatic heterocycles. The van der Waals surface area contributed by atoms with Gasteiger partial charge in [0.05, 0.1) is 44.2 Å². The molecule has 0 amide bonds. The zero-order valence-corrected chi connectivity index (χ0v) is 31.1. The quantitative estimate of drug-likeness (QED) is 0.216. The van der Waals surface area contributed by atoms with E-state index in [2.05, 4.69) is 27.7 Å². The van der Waals surface area contributed by atoms with E-state index in [-0.39, 0.29) is 35.9 Å². The monoisotopic (exact) mass is 738 g/mol. The minimum Gasteiger partial charge on any atom is -0.394 e. The van der Waals surface area contributed by atoms with Gasteiger partial charge in [-0.2, -0.15) is 0 Å². The van der Waals surface area contributed by atoms with Crippen molar-refractivity contribution in [2.75, 3.05) is 19.8 Å². The number of carbonyl (C=O) groups is 1. The van der Waals surface area contributed by atoms with E-state index in [0.717, 1.165) is 51.6 Å². The third-order valence-electron chi connectivity index (χ3n) is 15.9. The highest BCUT2D eigenvalue weighted by molar-refractivity contribution is 5.87. The van der Waals surface area contributed by atoms with Crippen molar-refractivity contribution in [3.63, 3.8) is 0 Å². The molecule has 4 aliphatic heterocycles. The van der Waals surface area contributed by atoms with Crippen molar-refractivity contribution >= 4 is 5.78 Å². The molecule has 52 heavy (non-hydrogen) atoms. The van der Waals surface area contributed by atoms with Gasteiger partial charge in [-0.25, -0.2) is 0 Å². The fourth-order valence-corrected chi connectivity index (χ4v) is 12.9. The molecule has 1 spiro atoms. The molecule has 296 valence electrons. The minimum atomic E-state index is -1.55. The SMILES string of the molecule is C[C@@H]1CC[C@@]2(OC1)O[C@H]1C[C@H]3[C@@H]4CC[C@H]5C[C@@H](O[C@@H]6O[C@@H](CO)[C@@H](O[C@@H]7O[C@@H](CO)C[C@H](O)[C@@H]7O)[C@H](O)[C@@H]6O)CC[C@]5(C)[C@H]4CC(=O)[C@]3(C)[C@H]1[C@@H]2C. The highest BCUT2D eigenvalue weighted by Gasteiger charge is 2.72. The van der Waals surface area contributed by atoms with Crippen LogP contribution in [0.5, 0.6) is 0 Å². The van der Waals surface area contributed by atoms with Gasteiger partial charge in [-0.1, -0.05) is 27.7 Å². The van der Waals surface area contributed by atoms with Crippen LogP contribution in [0.2, 0.25) is 0 Å². The van der Waals surface area contributed by atoms with Crippen LogP contribution < -0.4 is 0 Å². The van der Waals surface area contributed by atoms with Crippen molar-refractivity contribution in [2.24, 2.45) is 52.3 Å². The van der Waals surface area contributed by atoms with Crippen LogP contribution in [0, 0.1) is 52.3 Å². The van der Waals surface area contributed by atoms with Crippen molar-refractivity contribution in [1.29, 1.82) is 0 Å². The Morgan fingerprint density at radius 3 is 2.31 bits per heavy atom. The number of ether oxygens (including phenoxy) is 6. The molecule has 21 atom stereocenters. The molecule has 4 saturated carbocycles. The van der Waals surface area contributed by atoms with Crippen molar-refractivity contribution in [3.8, 4) is 0 Å². The Hall–Kier alpha value is -0.810. The zero-order chi connectivity index (χ0) is 36.9. The predicted octanol–water partition coefficient (Wildman–Crippen LogP) is 1.65. The van der Waals surface area contributed by atoms with E-state index >= 15 is 0 Å². The summed E-state index contributed by atoms with van der Waals surface area (Å²) < 4.78 is 37.0. The molecule has 0 aromatic carbocycles. The Morgan fingerprint density at radius 2 is 1.60 bits per heavy atom. The van der Waals surface area contributed by atoms with Crippen molar-refractivity contribution in [1.82, 2.24) is 0 Å². The van der Waals surface area contributed by atoms with Crippen molar-refractivity contribution in [3.05, 3.63) is 0 Å². The Balaban J connectivity index is 0.911. The Morgan fingerprint density at radius 1 is 0.827 bits per heavy atom.